The van der Waals surface area contributed by atoms with E-state index in [-0.39, 0.29) is 11.3 Å². The van der Waals surface area contributed by atoms with E-state index in [0.717, 1.165) is 12.1 Å². The number of nitrogens with one attached hydrogen (secondary N) is 2. The van der Waals surface area contributed by atoms with Gasteiger partial charge in [0.05, 0.1) is 16.8 Å². The molecule has 0 bridgehead atoms. The molecule has 3 nitrogen and oxygen atoms in total. The molecule has 0 fully saturated rings. The van der Waals surface area contributed by atoms with Gasteiger partial charge in [-0.25, -0.2) is 0 Å². The molecule has 0 aromatic heterocycles. The van der Waals surface area contributed by atoms with E-state index >= 15 is 0 Å². The summed E-state index contributed by atoms with van der Waals surface area (Å²) >= 11 is 0.406. The summed E-state index contributed by atoms with van der Waals surface area (Å²) in [6.07, 6.45) is -4.46. The zero-order valence-corrected chi connectivity index (χ0v) is 16.0. The number of halogens is 5. The first-order valence-corrected chi connectivity index (χ1v) is 9.50. The van der Waals surface area contributed by atoms with Crippen molar-refractivity contribution in [1.29, 1.82) is 0 Å². The lowest BCUT2D eigenvalue weighted by Crippen LogP contribution is -2.14. The number of amides is 1. The van der Waals surface area contributed by atoms with Crippen molar-refractivity contribution in [2.45, 2.75) is 16.8 Å². The number of rotatable bonds is 6. The highest BCUT2D eigenvalue weighted by Crippen LogP contribution is 2.31. The summed E-state index contributed by atoms with van der Waals surface area (Å²) in [6.45, 7) is 0. The van der Waals surface area contributed by atoms with Crippen LogP contribution in [-0.2, 0) is 6.18 Å². The van der Waals surface area contributed by atoms with E-state index in [4.69, 9.17) is 0 Å². The molecule has 0 radical (unpaired) electrons. The van der Waals surface area contributed by atoms with Crippen molar-refractivity contribution in [1.82, 2.24) is 0 Å². The van der Waals surface area contributed by atoms with Crippen molar-refractivity contribution in [2.24, 2.45) is 0 Å². The van der Waals surface area contributed by atoms with Gasteiger partial charge in [0.15, 0.2) is 0 Å². The summed E-state index contributed by atoms with van der Waals surface area (Å²) in [6, 6.07) is 16.9. The largest absolute Gasteiger partial charge is 0.416 e. The van der Waals surface area contributed by atoms with Gasteiger partial charge in [-0.15, -0.1) is 0 Å². The number of benzene rings is 3. The third-order valence-electron chi connectivity index (χ3n) is 3.98. The zero-order chi connectivity index (χ0) is 21.7. The lowest BCUT2D eigenvalue weighted by Gasteiger charge is -2.13. The summed E-state index contributed by atoms with van der Waals surface area (Å²) in [5, 5.41) is 5.56. The molecule has 3 aromatic carbocycles. The Balaban J connectivity index is 1.77. The Morgan fingerprint density at radius 1 is 0.867 bits per heavy atom. The number of thioether (sulfide) groups is 1. The van der Waals surface area contributed by atoms with Crippen molar-refractivity contribution in [2.75, 3.05) is 10.6 Å². The maximum Gasteiger partial charge on any atom is 0.416 e. The molecule has 1 amide bonds. The van der Waals surface area contributed by atoms with Crippen molar-refractivity contribution in [3.05, 3.63) is 83.9 Å². The number of alkyl halides is 5. The molecule has 0 aliphatic rings. The van der Waals surface area contributed by atoms with Gasteiger partial charge >= 0.3 is 6.18 Å². The number of anilines is 3. The second kappa shape index (κ2) is 9.17. The Labute approximate surface area is 173 Å². The van der Waals surface area contributed by atoms with E-state index in [1.807, 2.05) is 0 Å². The maximum absolute atomic E-state index is 12.7. The van der Waals surface area contributed by atoms with Gasteiger partial charge in [0.2, 0.25) is 0 Å². The van der Waals surface area contributed by atoms with Gasteiger partial charge < -0.3 is 10.6 Å². The molecule has 0 unspecified atom stereocenters. The van der Waals surface area contributed by atoms with Crippen LogP contribution in [0, 0.1) is 0 Å². The van der Waals surface area contributed by atoms with Crippen LogP contribution in [-0.4, -0.2) is 11.7 Å². The number of para-hydroxylation sites is 1. The number of carbonyl (C=O) groups excluding carboxylic acids is 1. The smallest absolute Gasteiger partial charge is 0.355 e. The number of hydrogen-bond acceptors (Lipinski definition) is 3. The van der Waals surface area contributed by atoms with E-state index in [1.54, 1.807) is 42.5 Å². The summed E-state index contributed by atoms with van der Waals surface area (Å²) in [5.74, 6) is -3.09. The zero-order valence-electron chi connectivity index (χ0n) is 15.2. The minimum absolute atomic E-state index is 0.207. The van der Waals surface area contributed by atoms with Crippen LogP contribution in [0.5, 0.6) is 0 Å². The van der Waals surface area contributed by atoms with Gasteiger partial charge in [-0.2, -0.15) is 22.0 Å². The van der Waals surface area contributed by atoms with E-state index in [1.165, 1.54) is 18.2 Å². The molecular weight excluding hydrogens is 423 g/mol. The van der Waals surface area contributed by atoms with Crippen LogP contribution >= 0.6 is 11.8 Å². The lowest BCUT2D eigenvalue weighted by atomic mass is 10.1. The monoisotopic (exact) mass is 438 g/mol. The second-order valence-corrected chi connectivity index (χ2v) is 7.17. The lowest BCUT2D eigenvalue weighted by molar-refractivity contribution is -0.137. The summed E-state index contributed by atoms with van der Waals surface area (Å²) in [7, 11) is 0. The normalized spacial score (nSPS) is 11.4. The minimum Gasteiger partial charge on any atom is -0.355 e. The Hall–Kier alpha value is -3.07. The van der Waals surface area contributed by atoms with Crippen molar-refractivity contribution < 1.29 is 26.7 Å². The first-order chi connectivity index (χ1) is 14.2. The highest BCUT2D eigenvalue weighted by molar-refractivity contribution is 7.99. The molecule has 3 aromatic rings. The van der Waals surface area contributed by atoms with Crippen molar-refractivity contribution >= 4 is 34.7 Å². The predicted molar refractivity (Wildman–Crippen MR) is 107 cm³/mol. The molecular formula is C21H15F5N2OS. The van der Waals surface area contributed by atoms with Gasteiger partial charge in [-0.3, -0.25) is 4.79 Å². The molecule has 30 heavy (non-hydrogen) atoms. The van der Waals surface area contributed by atoms with E-state index in [9.17, 15) is 26.7 Å². The third kappa shape index (κ3) is 5.73. The highest BCUT2D eigenvalue weighted by Gasteiger charge is 2.30. The van der Waals surface area contributed by atoms with Gasteiger partial charge in [-0.1, -0.05) is 30.0 Å². The molecule has 0 saturated heterocycles. The molecule has 0 heterocycles. The molecule has 9 heteroatoms. The van der Waals surface area contributed by atoms with Gasteiger partial charge in [0.25, 0.3) is 11.7 Å². The van der Waals surface area contributed by atoms with Crippen LogP contribution in [0.1, 0.15) is 15.9 Å². The SMILES string of the molecule is O=C(Nc1ccc(C(F)(F)F)cc1)c1ccccc1Nc1cccc(SC(F)F)c1. The molecule has 0 spiro atoms. The molecule has 3 rings (SSSR count). The average Bonchev–Trinajstić information content (AvgIpc) is 2.68. The Morgan fingerprint density at radius 3 is 2.23 bits per heavy atom. The van der Waals surface area contributed by atoms with E-state index in [0.29, 0.717) is 28.0 Å². The first kappa shape index (κ1) is 21.6. The highest BCUT2D eigenvalue weighted by atomic mass is 32.2. The van der Waals surface area contributed by atoms with Crippen LogP contribution in [0.2, 0.25) is 0 Å². The van der Waals surface area contributed by atoms with Crippen molar-refractivity contribution in [3.8, 4) is 0 Å². The molecule has 0 aliphatic heterocycles. The number of carbonyl (C=O) groups is 1. The summed E-state index contributed by atoms with van der Waals surface area (Å²) in [5.41, 5.74) is 0.558. The third-order valence-corrected chi connectivity index (χ3v) is 4.68. The molecule has 2 N–H and O–H groups in total. The van der Waals surface area contributed by atoms with Crippen LogP contribution in [0.25, 0.3) is 0 Å². The Bertz CT molecular complexity index is 1020. The first-order valence-electron chi connectivity index (χ1n) is 8.62. The fourth-order valence-electron chi connectivity index (χ4n) is 2.64. The van der Waals surface area contributed by atoms with Crippen LogP contribution in [0.3, 0.4) is 0 Å². The summed E-state index contributed by atoms with van der Waals surface area (Å²) < 4.78 is 63.1. The number of hydrogen-bond donors (Lipinski definition) is 2. The minimum atomic E-state index is -4.46. The quantitative estimate of drug-likeness (QED) is 0.321. The molecule has 0 aliphatic carbocycles. The van der Waals surface area contributed by atoms with E-state index < -0.39 is 23.4 Å². The Morgan fingerprint density at radius 2 is 1.57 bits per heavy atom. The van der Waals surface area contributed by atoms with Crippen molar-refractivity contribution in [3.63, 3.8) is 0 Å². The second-order valence-electron chi connectivity index (χ2n) is 6.11. The van der Waals surface area contributed by atoms with Gasteiger partial charge in [0.1, 0.15) is 0 Å². The van der Waals surface area contributed by atoms with Crippen LogP contribution in [0.15, 0.2) is 77.7 Å². The fraction of sp³-hybridized carbons (Fsp3) is 0.0952. The fourth-order valence-corrected chi connectivity index (χ4v) is 3.19. The topological polar surface area (TPSA) is 41.1 Å². The predicted octanol–water partition coefficient (Wildman–Crippen LogP) is 7.02. The van der Waals surface area contributed by atoms with Crippen LogP contribution < -0.4 is 10.6 Å². The van der Waals surface area contributed by atoms with Crippen LogP contribution in [0.4, 0.5) is 39.0 Å². The summed E-state index contributed by atoms with van der Waals surface area (Å²) in [4.78, 5) is 13.0. The van der Waals surface area contributed by atoms with Gasteiger partial charge in [0, 0.05) is 16.3 Å². The van der Waals surface area contributed by atoms with E-state index in [2.05, 4.69) is 10.6 Å². The molecule has 0 saturated carbocycles. The Kier molecular flexibility index (Phi) is 6.61. The standard InChI is InChI=1S/C21H15F5N2OS/c22-20(23)30-16-5-3-4-15(12-16)27-18-7-2-1-6-17(18)19(29)28-14-10-8-13(9-11-14)21(24,25)26/h1-12,20,27H,(H,28,29). The maximum atomic E-state index is 12.7. The molecule has 156 valence electrons. The molecule has 0 atom stereocenters. The van der Waals surface area contributed by atoms with Gasteiger partial charge in [-0.05, 0) is 54.6 Å². The average molecular weight is 438 g/mol.